The van der Waals surface area contributed by atoms with Crippen molar-refractivity contribution in [1.82, 2.24) is 9.80 Å². The van der Waals surface area contributed by atoms with Crippen molar-refractivity contribution >= 4 is 43.2 Å². The van der Waals surface area contributed by atoms with Gasteiger partial charge in [0.15, 0.2) is 0 Å². The van der Waals surface area contributed by atoms with Crippen LogP contribution in [-0.4, -0.2) is 83.1 Å². The molecule has 1 fully saturated rings. The van der Waals surface area contributed by atoms with Crippen molar-refractivity contribution in [3.8, 4) is 0 Å². The van der Waals surface area contributed by atoms with Gasteiger partial charge in [-0.2, -0.15) is 13.2 Å². The van der Waals surface area contributed by atoms with Crippen LogP contribution in [0.4, 0.5) is 18.9 Å². The van der Waals surface area contributed by atoms with Crippen molar-refractivity contribution in [3.05, 3.63) is 48.5 Å². The third-order valence-corrected chi connectivity index (χ3v) is 10.0. The number of halogens is 3. The van der Waals surface area contributed by atoms with Gasteiger partial charge in [-0.3, -0.25) is 4.79 Å². The molecule has 0 saturated carbocycles. The Morgan fingerprint density at radius 2 is 1.72 bits per heavy atom. The Balaban J connectivity index is 1.92. The van der Waals surface area contributed by atoms with E-state index in [9.17, 15) is 34.8 Å². The maximum Gasteiger partial charge on any atom is 0.501 e. The molecule has 1 aliphatic heterocycles. The number of carbonyl (C=O) groups is 1. The van der Waals surface area contributed by atoms with Crippen LogP contribution in [0.1, 0.15) is 19.3 Å². The zero-order valence-corrected chi connectivity index (χ0v) is 23.8. The summed E-state index contributed by atoms with van der Waals surface area (Å²) in [6.45, 7) is 1.05. The highest BCUT2D eigenvalue weighted by Gasteiger charge is 2.48. The number of rotatable bonds is 10. The van der Waals surface area contributed by atoms with Crippen LogP contribution in [0.15, 0.2) is 63.2 Å². The van der Waals surface area contributed by atoms with Gasteiger partial charge in [0.25, 0.3) is 9.84 Å². The number of likely N-dealkylation sites (tertiary alicyclic amines) is 1. The van der Waals surface area contributed by atoms with E-state index < -0.39 is 46.9 Å². The molecule has 39 heavy (non-hydrogen) atoms. The lowest BCUT2D eigenvalue weighted by atomic mass is 10.0. The summed E-state index contributed by atoms with van der Waals surface area (Å²) in [7, 11) is -6.51. The van der Waals surface area contributed by atoms with E-state index in [1.807, 2.05) is 44.4 Å². The highest BCUT2D eigenvalue weighted by molar-refractivity contribution is 7.99. The van der Waals surface area contributed by atoms with Gasteiger partial charge in [0.1, 0.15) is 4.90 Å². The molecule has 3 rings (SSSR count). The van der Waals surface area contributed by atoms with Gasteiger partial charge < -0.3 is 15.1 Å². The molecule has 0 spiro atoms. The number of alkyl halides is 3. The van der Waals surface area contributed by atoms with Crippen LogP contribution in [0.5, 0.6) is 0 Å². The fourth-order valence-electron chi connectivity index (χ4n) is 4.20. The molecule has 0 aliphatic carbocycles. The Hall–Kier alpha value is -2.33. The monoisotopic (exact) mass is 608 g/mol. The molecule has 216 valence electrons. The number of sulfonamides is 1. The summed E-state index contributed by atoms with van der Waals surface area (Å²) >= 11 is 1.34. The SMILES string of the molecule is CN(C)C1CCN(C(=O)CC(CSc2ccccc2)Nc2ccc(S(N)(=O)=O)cc2S(=O)(=O)C(F)(F)F)CC1. The van der Waals surface area contributed by atoms with E-state index in [4.69, 9.17) is 5.14 Å². The summed E-state index contributed by atoms with van der Waals surface area (Å²) in [5, 5.41) is 7.82. The van der Waals surface area contributed by atoms with Gasteiger partial charge in [-0.25, -0.2) is 22.0 Å². The standard InChI is InChI=1S/C24H31F3N4O5S3/c1-30(2)18-10-12-31(13-11-18)23(32)14-17(16-37-19-6-4-3-5-7-19)29-21-9-8-20(39(28,35)36)15-22(21)38(33,34)24(25,26)27/h3-9,15,17-18,29H,10-14,16H2,1-2H3,(H2,28,35,36). The summed E-state index contributed by atoms with van der Waals surface area (Å²) < 4.78 is 88.8. The first-order valence-corrected chi connectivity index (χ1v) is 16.0. The number of carbonyl (C=O) groups excluding carboxylic acids is 1. The van der Waals surface area contributed by atoms with E-state index in [-0.39, 0.29) is 18.1 Å². The quantitative estimate of drug-likeness (QED) is 0.394. The number of sulfone groups is 1. The van der Waals surface area contributed by atoms with Crippen molar-refractivity contribution in [3.63, 3.8) is 0 Å². The molecule has 1 unspecified atom stereocenters. The van der Waals surface area contributed by atoms with E-state index in [2.05, 4.69) is 10.2 Å². The Bertz CT molecular complexity index is 1360. The van der Waals surface area contributed by atoms with E-state index >= 15 is 0 Å². The minimum Gasteiger partial charge on any atom is -0.380 e. The second-order valence-corrected chi connectivity index (χ2v) is 14.0. The smallest absolute Gasteiger partial charge is 0.380 e. The molecule has 15 heteroatoms. The minimum atomic E-state index is -5.96. The normalized spacial score (nSPS) is 16.3. The van der Waals surface area contributed by atoms with Gasteiger partial charge in [-0.15, -0.1) is 11.8 Å². The summed E-state index contributed by atoms with van der Waals surface area (Å²) in [6, 6.07) is 10.9. The molecule has 2 aromatic rings. The highest BCUT2D eigenvalue weighted by Crippen LogP contribution is 2.36. The minimum absolute atomic E-state index is 0.116. The molecule has 1 saturated heterocycles. The zero-order valence-electron chi connectivity index (χ0n) is 21.4. The molecule has 0 bridgehead atoms. The second-order valence-electron chi connectivity index (χ2n) is 9.40. The zero-order chi connectivity index (χ0) is 29.0. The molecule has 1 aliphatic rings. The number of amides is 1. The molecule has 2 aromatic carbocycles. The lowest BCUT2D eigenvalue weighted by molar-refractivity contribution is -0.132. The van der Waals surface area contributed by atoms with Crippen LogP contribution in [0.3, 0.4) is 0 Å². The predicted molar refractivity (Wildman–Crippen MR) is 144 cm³/mol. The van der Waals surface area contributed by atoms with Crippen molar-refractivity contribution in [1.29, 1.82) is 0 Å². The summed E-state index contributed by atoms with van der Waals surface area (Å²) in [4.78, 5) is 15.7. The van der Waals surface area contributed by atoms with E-state index in [0.29, 0.717) is 25.2 Å². The Labute approximate surface area is 230 Å². The van der Waals surface area contributed by atoms with Gasteiger partial charge in [-0.05, 0) is 57.3 Å². The van der Waals surface area contributed by atoms with E-state index in [1.165, 1.54) is 11.8 Å². The lowest BCUT2D eigenvalue weighted by Crippen LogP contribution is -2.45. The maximum absolute atomic E-state index is 13.5. The van der Waals surface area contributed by atoms with E-state index in [0.717, 1.165) is 29.9 Å². The number of piperidine rings is 1. The van der Waals surface area contributed by atoms with Crippen molar-refractivity contribution in [2.45, 2.75) is 51.5 Å². The third-order valence-electron chi connectivity index (χ3n) is 6.40. The molecule has 3 N–H and O–H groups in total. The maximum atomic E-state index is 13.5. The van der Waals surface area contributed by atoms with Gasteiger partial charge in [0, 0.05) is 42.2 Å². The average molecular weight is 609 g/mol. The molecule has 1 heterocycles. The number of thioether (sulfide) groups is 1. The Morgan fingerprint density at radius 1 is 1.10 bits per heavy atom. The van der Waals surface area contributed by atoms with E-state index in [1.54, 1.807) is 4.90 Å². The third kappa shape index (κ3) is 8.10. The van der Waals surface area contributed by atoms with Crippen molar-refractivity contribution in [2.75, 3.05) is 38.3 Å². The summed E-state index contributed by atoms with van der Waals surface area (Å²) in [5.74, 6) is -0.00781. The van der Waals surface area contributed by atoms with Crippen molar-refractivity contribution in [2.24, 2.45) is 5.14 Å². The van der Waals surface area contributed by atoms with Crippen LogP contribution in [0.2, 0.25) is 0 Å². The number of anilines is 1. The number of hydrogen-bond acceptors (Lipinski definition) is 8. The molecule has 1 atom stereocenters. The Morgan fingerprint density at radius 3 is 2.26 bits per heavy atom. The topological polar surface area (TPSA) is 130 Å². The number of primary sulfonamides is 1. The van der Waals surface area contributed by atoms with Crippen LogP contribution in [-0.2, 0) is 24.7 Å². The fraction of sp³-hybridized carbons (Fsp3) is 0.458. The molecule has 9 nitrogen and oxygen atoms in total. The van der Waals surface area contributed by atoms with Crippen molar-refractivity contribution < 1.29 is 34.8 Å². The first-order valence-electron chi connectivity index (χ1n) is 12.0. The van der Waals surface area contributed by atoms with Gasteiger partial charge in [0.2, 0.25) is 15.9 Å². The van der Waals surface area contributed by atoms with Crippen LogP contribution >= 0.6 is 11.8 Å². The number of nitrogens with one attached hydrogen (secondary N) is 1. The first kappa shape index (κ1) is 31.2. The number of nitrogens with zero attached hydrogens (tertiary/aromatic N) is 2. The van der Waals surface area contributed by atoms with Gasteiger partial charge >= 0.3 is 5.51 Å². The molecular weight excluding hydrogens is 577 g/mol. The number of nitrogens with two attached hydrogens (primary N) is 1. The molecule has 0 aromatic heterocycles. The highest BCUT2D eigenvalue weighted by atomic mass is 32.2. The Kier molecular flexibility index (Phi) is 9.97. The summed E-state index contributed by atoms with van der Waals surface area (Å²) in [5.41, 5.74) is -6.17. The largest absolute Gasteiger partial charge is 0.501 e. The second kappa shape index (κ2) is 12.5. The predicted octanol–water partition coefficient (Wildman–Crippen LogP) is 3.14. The van der Waals surface area contributed by atoms with Crippen LogP contribution in [0.25, 0.3) is 0 Å². The first-order chi connectivity index (χ1) is 18.1. The van der Waals surface area contributed by atoms with Crippen LogP contribution in [0, 0.1) is 0 Å². The molecule has 1 amide bonds. The fourth-order valence-corrected chi connectivity index (χ4v) is 6.71. The van der Waals surface area contributed by atoms with Crippen LogP contribution < -0.4 is 10.5 Å². The average Bonchev–Trinajstić information content (AvgIpc) is 2.86. The molecule has 0 radical (unpaired) electrons. The number of benzene rings is 2. The van der Waals surface area contributed by atoms with Gasteiger partial charge in [-0.1, -0.05) is 18.2 Å². The van der Waals surface area contributed by atoms with Gasteiger partial charge in [0.05, 0.1) is 10.6 Å². The number of hydrogen-bond donors (Lipinski definition) is 2. The lowest BCUT2D eigenvalue weighted by Gasteiger charge is -2.36. The molecular formula is C24H31F3N4O5S3. The summed E-state index contributed by atoms with van der Waals surface area (Å²) in [6.07, 6.45) is 1.44.